The van der Waals surface area contributed by atoms with Crippen LogP contribution in [0.25, 0.3) is 0 Å². The molecule has 0 saturated carbocycles. The molecule has 2 rings (SSSR count). The minimum Gasteiger partial charge on any atom is -0.396 e. The van der Waals surface area contributed by atoms with Crippen molar-refractivity contribution in [2.75, 3.05) is 18.5 Å². The van der Waals surface area contributed by atoms with Crippen LogP contribution in [-0.2, 0) is 21.9 Å². The molecule has 156 valence electrons. The van der Waals surface area contributed by atoms with Crippen LogP contribution in [0.4, 0.5) is 32.0 Å². The summed E-state index contributed by atoms with van der Waals surface area (Å²) in [5.74, 6) is -2.40. The van der Waals surface area contributed by atoms with Crippen LogP contribution >= 0.6 is 0 Å². The fourth-order valence-corrected chi connectivity index (χ4v) is 3.06. The SMILES string of the molecule is O=C(Nc1cc(C(F)(F)F)cc(C(F)(F)F)c1)C(=O)N1CCCCC1CCO. The van der Waals surface area contributed by atoms with E-state index in [4.69, 9.17) is 5.11 Å². The van der Waals surface area contributed by atoms with Crippen LogP contribution in [0.5, 0.6) is 0 Å². The summed E-state index contributed by atoms with van der Waals surface area (Å²) in [7, 11) is 0. The lowest BCUT2D eigenvalue weighted by Gasteiger charge is -2.35. The molecule has 1 aromatic rings. The highest BCUT2D eigenvalue weighted by Gasteiger charge is 2.37. The van der Waals surface area contributed by atoms with Gasteiger partial charge in [0.05, 0.1) is 11.1 Å². The van der Waals surface area contributed by atoms with Crippen molar-refractivity contribution >= 4 is 17.5 Å². The van der Waals surface area contributed by atoms with Crippen LogP contribution in [0.15, 0.2) is 18.2 Å². The number of halogens is 6. The number of nitrogens with zero attached hydrogens (tertiary/aromatic N) is 1. The monoisotopic (exact) mass is 412 g/mol. The van der Waals surface area contributed by atoms with Gasteiger partial charge in [-0.1, -0.05) is 0 Å². The van der Waals surface area contributed by atoms with Crippen LogP contribution in [0.2, 0.25) is 0 Å². The second-order valence-electron chi connectivity index (χ2n) is 6.41. The van der Waals surface area contributed by atoms with Gasteiger partial charge in [0.2, 0.25) is 0 Å². The van der Waals surface area contributed by atoms with Gasteiger partial charge in [0, 0.05) is 24.9 Å². The summed E-state index contributed by atoms with van der Waals surface area (Å²) in [6, 6.07) is 0.188. The average Bonchev–Trinajstić information content (AvgIpc) is 2.60. The highest BCUT2D eigenvalue weighted by atomic mass is 19.4. The van der Waals surface area contributed by atoms with Crippen molar-refractivity contribution in [3.05, 3.63) is 29.3 Å². The number of hydrogen-bond donors (Lipinski definition) is 2. The van der Waals surface area contributed by atoms with E-state index in [1.807, 2.05) is 5.32 Å². The average molecular weight is 412 g/mol. The van der Waals surface area contributed by atoms with Crippen molar-refractivity contribution in [2.45, 2.75) is 44.1 Å². The second-order valence-corrected chi connectivity index (χ2v) is 6.41. The van der Waals surface area contributed by atoms with E-state index in [0.717, 1.165) is 6.42 Å². The highest BCUT2D eigenvalue weighted by Crippen LogP contribution is 2.37. The van der Waals surface area contributed by atoms with E-state index in [-0.39, 0.29) is 25.6 Å². The zero-order valence-corrected chi connectivity index (χ0v) is 14.5. The normalized spacial score (nSPS) is 18.1. The van der Waals surface area contributed by atoms with Crippen molar-refractivity contribution in [1.82, 2.24) is 4.90 Å². The lowest BCUT2D eigenvalue weighted by atomic mass is 9.99. The molecule has 28 heavy (non-hydrogen) atoms. The predicted octanol–water partition coefficient (Wildman–Crippen LogP) is 3.43. The number of amides is 2. The minimum absolute atomic E-state index is 0.0700. The number of carbonyl (C=O) groups is 2. The molecule has 1 heterocycles. The molecule has 1 aliphatic heterocycles. The molecule has 0 aromatic heterocycles. The number of alkyl halides is 6. The first-order valence-electron chi connectivity index (χ1n) is 8.45. The number of carbonyl (C=O) groups excluding carboxylic acids is 2. The molecular weight excluding hydrogens is 394 g/mol. The number of hydrogen-bond acceptors (Lipinski definition) is 3. The van der Waals surface area contributed by atoms with Crippen LogP contribution in [0.1, 0.15) is 36.8 Å². The molecule has 1 aliphatic rings. The van der Waals surface area contributed by atoms with E-state index in [0.29, 0.717) is 25.0 Å². The van der Waals surface area contributed by atoms with Crippen molar-refractivity contribution in [3.8, 4) is 0 Å². The quantitative estimate of drug-likeness (QED) is 0.591. The molecule has 1 unspecified atom stereocenters. The molecule has 1 atom stereocenters. The Kier molecular flexibility index (Phi) is 6.58. The molecule has 2 N–H and O–H groups in total. The van der Waals surface area contributed by atoms with E-state index in [2.05, 4.69) is 0 Å². The zero-order valence-electron chi connectivity index (χ0n) is 14.5. The number of anilines is 1. The summed E-state index contributed by atoms with van der Waals surface area (Å²) in [6.45, 7) is -0.00799. The Morgan fingerprint density at radius 3 is 2.11 bits per heavy atom. The molecule has 0 aliphatic carbocycles. The first-order valence-corrected chi connectivity index (χ1v) is 8.45. The fourth-order valence-electron chi connectivity index (χ4n) is 3.06. The number of piperidine rings is 1. The molecule has 11 heteroatoms. The molecule has 1 fully saturated rings. The Morgan fingerprint density at radius 1 is 1.04 bits per heavy atom. The Hall–Kier alpha value is -2.30. The van der Waals surface area contributed by atoms with Gasteiger partial charge in [-0.3, -0.25) is 9.59 Å². The lowest BCUT2D eigenvalue weighted by Crippen LogP contribution is -2.48. The number of likely N-dealkylation sites (tertiary alicyclic amines) is 1. The summed E-state index contributed by atoms with van der Waals surface area (Å²) < 4.78 is 77.3. The number of aliphatic hydroxyl groups is 1. The van der Waals surface area contributed by atoms with Crippen molar-refractivity contribution in [3.63, 3.8) is 0 Å². The zero-order chi connectivity index (χ0) is 21.1. The summed E-state index contributed by atoms with van der Waals surface area (Å²) in [4.78, 5) is 25.7. The lowest BCUT2D eigenvalue weighted by molar-refractivity contribution is -0.146. The van der Waals surface area contributed by atoms with Gasteiger partial charge in [-0.15, -0.1) is 0 Å². The molecular formula is C17H18F6N2O3. The van der Waals surface area contributed by atoms with Crippen LogP contribution in [-0.4, -0.2) is 41.0 Å². The van der Waals surface area contributed by atoms with Crippen molar-refractivity contribution in [1.29, 1.82) is 0 Å². The number of nitrogens with one attached hydrogen (secondary N) is 1. The van der Waals surface area contributed by atoms with Gasteiger partial charge >= 0.3 is 24.2 Å². The topological polar surface area (TPSA) is 69.6 Å². The summed E-state index contributed by atoms with van der Waals surface area (Å²) >= 11 is 0. The molecule has 1 saturated heterocycles. The van der Waals surface area contributed by atoms with E-state index in [9.17, 15) is 35.9 Å². The van der Waals surface area contributed by atoms with Crippen molar-refractivity contribution in [2.24, 2.45) is 0 Å². The molecule has 0 spiro atoms. The highest BCUT2D eigenvalue weighted by molar-refractivity contribution is 6.39. The summed E-state index contributed by atoms with van der Waals surface area (Å²) in [6.07, 6.45) is -7.99. The number of rotatable bonds is 3. The van der Waals surface area contributed by atoms with Crippen molar-refractivity contribution < 1.29 is 41.0 Å². The number of benzene rings is 1. The summed E-state index contributed by atoms with van der Waals surface area (Å²) in [5, 5.41) is 10.9. The summed E-state index contributed by atoms with van der Waals surface area (Å²) in [5.41, 5.74) is -3.97. The van der Waals surface area contributed by atoms with Gasteiger partial charge in [-0.2, -0.15) is 26.3 Å². The standard InChI is InChI=1S/C17H18F6N2O3/c18-16(19,20)10-7-11(17(21,22)23)9-12(8-10)24-14(27)15(28)25-5-2-1-3-13(25)4-6-26/h7-9,13,26H,1-6H2,(H,24,27). The van der Waals surface area contributed by atoms with E-state index in [1.54, 1.807) is 0 Å². The Labute approximate surface area is 156 Å². The van der Waals surface area contributed by atoms with Gasteiger partial charge < -0.3 is 15.3 Å². The fraction of sp³-hybridized carbons (Fsp3) is 0.529. The predicted molar refractivity (Wildman–Crippen MR) is 86.1 cm³/mol. The molecule has 0 bridgehead atoms. The van der Waals surface area contributed by atoms with Crippen LogP contribution in [0, 0.1) is 0 Å². The van der Waals surface area contributed by atoms with Gasteiger partial charge in [0.15, 0.2) is 0 Å². The third-order valence-electron chi connectivity index (χ3n) is 4.39. The smallest absolute Gasteiger partial charge is 0.396 e. The molecule has 5 nitrogen and oxygen atoms in total. The minimum atomic E-state index is -5.07. The molecule has 1 aromatic carbocycles. The van der Waals surface area contributed by atoms with Gasteiger partial charge in [0.25, 0.3) is 0 Å². The molecule has 2 amide bonds. The maximum atomic E-state index is 12.9. The third kappa shape index (κ3) is 5.37. The first kappa shape index (κ1) is 22.0. The van der Waals surface area contributed by atoms with Gasteiger partial charge in [0.1, 0.15) is 0 Å². The Bertz CT molecular complexity index is 698. The van der Waals surface area contributed by atoms with E-state index < -0.39 is 47.0 Å². The van der Waals surface area contributed by atoms with Crippen LogP contribution < -0.4 is 5.32 Å². The van der Waals surface area contributed by atoms with E-state index in [1.165, 1.54) is 4.90 Å². The first-order chi connectivity index (χ1) is 12.9. The Balaban J connectivity index is 2.26. The Morgan fingerprint density at radius 2 is 1.61 bits per heavy atom. The maximum Gasteiger partial charge on any atom is 0.416 e. The van der Waals surface area contributed by atoms with Crippen LogP contribution in [0.3, 0.4) is 0 Å². The van der Waals surface area contributed by atoms with E-state index >= 15 is 0 Å². The third-order valence-corrected chi connectivity index (χ3v) is 4.39. The second kappa shape index (κ2) is 8.38. The molecule has 0 radical (unpaired) electrons. The number of aliphatic hydroxyl groups excluding tert-OH is 1. The maximum absolute atomic E-state index is 12.9. The van der Waals surface area contributed by atoms with Gasteiger partial charge in [-0.05, 0) is 43.9 Å². The van der Waals surface area contributed by atoms with Gasteiger partial charge in [-0.25, -0.2) is 0 Å². The largest absolute Gasteiger partial charge is 0.416 e.